The summed E-state index contributed by atoms with van der Waals surface area (Å²) in [6.45, 7) is 0. The van der Waals surface area contributed by atoms with Crippen LogP contribution in [0.25, 0.3) is 33.0 Å². The summed E-state index contributed by atoms with van der Waals surface area (Å²) in [5.41, 5.74) is 0.383. The smallest absolute Gasteiger partial charge is 0.349 e. The summed E-state index contributed by atoms with van der Waals surface area (Å²) in [5.74, 6) is -0.358. The van der Waals surface area contributed by atoms with Crippen LogP contribution in [-0.2, 0) is 0 Å². The molecule has 2 aromatic heterocycles. The molecule has 2 aromatic carbocycles. The number of nitrogens with one attached hydrogen (secondary N) is 1. The Hall–Kier alpha value is -3.21. The molecule has 0 saturated heterocycles. The topological polar surface area (TPSA) is 63.1 Å². The van der Waals surface area contributed by atoms with Gasteiger partial charge < -0.3 is 9.40 Å². The lowest BCUT2D eigenvalue weighted by atomic mass is 10.1. The zero-order valence-corrected chi connectivity index (χ0v) is 11.8. The number of hydrogen-bond donors (Lipinski definition) is 1. The average molecular weight is 307 g/mol. The van der Waals surface area contributed by atoms with Gasteiger partial charge in [0.2, 0.25) is 0 Å². The normalized spacial score (nSPS) is 11.2. The molecule has 0 aliphatic carbocycles. The van der Waals surface area contributed by atoms with Gasteiger partial charge in [-0.25, -0.2) is 9.18 Å². The number of rotatable bonds is 1. The molecule has 0 amide bonds. The zero-order chi connectivity index (χ0) is 16.0. The highest BCUT2D eigenvalue weighted by Gasteiger charge is 2.12. The number of para-hydroxylation sites is 1. The van der Waals surface area contributed by atoms with E-state index < -0.39 is 11.2 Å². The van der Waals surface area contributed by atoms with Gasteiger partial charge in [0.05, 0.1) is 0 Å². The van der Waals surface area contributed by atoms with Gasteiger partial charge in [-0.05, 0) is 42.0 Å². The molecule has 2 heterocycles. The van der Waals surface area contributed by atoms with Crippen molar-refractivity contribution in [1.82, 2.24) is 4.98 Å². The molecule has 4 nitrogen and oxygen atoms in total. The maximum Gasteiger partial charge on any atom is 0.349 e. The Balaban J connectivity index is 2.14. The molecule has 4 rings (SSSR count). The second-order valence-corrected chi connectivity index (χ2v) is 5.19. The molecule has 0 saturated carbocycles. The summed E-state index contributed by atoms with van der Waals surface area (Å²) in [6.07, 6.45) is 0. The number of aromatic nitrogens is 1. The van der Waals surface area contributed by atoms with E-state index in [1.165, 1.54) is 12.1 Å². The number of aromatic amines is 1. The van der Waals surface area contributed by atoms with Gasteiger partial charge in [0, 0.05) is 16.5 Å². The second kappa shape index (κ2) is 4.91. The standard InChI is InChI=1S/C18H10FNO3/c19-11-7-5-10(6-8-11)14-9-13-12-3-1-2-4-15(12)23-18(22)16(13)17(21)20-14/h1-9H,(H,20,21). The maximum absolute atomic E-state index is 13.1. The van der Waals surface area contributed by atoms with E-state index in [-0.39, 0.29) is 11.2 Å². The van der Waals surface area contributed by atoms with Crippen molar-refractivity contribution in [2.24, 2.45) is 0 Å². The Bertz CT molecular complexity index is 1160. The molecular weight excluding hydrogens is 297 g/mol. The fourth-order valence-corrected chi connectivity index (χ4v) is 2.69. The molecule has 5 heteroatoms. The molecule has 4 aromatic rings. The Morgan fingerprint density at radius 3 is 2.43 bits per heavy atom. The monoisotopic (exact) mass is 307 g/mol. The molecule has 0 unspecified atom stereocenters. The molecule has 0 radical (unpaired) electrons. The first-order chi connectivity index (χ1) is 11.1. The predicted octanol–water partition coefficient (Wildman–Crippen LogP) is 3.44. The van der Waals surface area contributed by atoms with Crippen LogP contribution in [0.4, 0.5) is 4.39 Å². The van der Waals surface area contributed by atoms with Crippen molar-refractivity contribution in [3.8, 4) is 11.3 Å². The van der Waals surface area contributed by atoms with Gasteiger partial charge in [-0.1, -0.05) is 18.2 Å². The minimum Gasteiger partial charge on any atom is -0.422 e. The lowest BCUT2D eigenvalue weighted by molar-refractivity contribution is 0.569. The van der Waals surface area contributed by atoms with Crippen molar-refractivity contribution in [2.45, 2.75) is 0 Å². The van der Waals surface area contributed by atoms with E-state index in [0.717, 1.165) is 0 Å². The van der Waals surface area contributed by atoms with Gasteiger partial charge in [-0.3, -0.25) is 4.79 Å². The Kier molecular flexibility index (Phi) is 2.87. The number of halogens is 1. The molecule has 0 bridgehead atoms. The third kappa shape index (κ3) is 2.14. The van der Waals surface area contributed by atoms with E-state index in [2.05, 4.69) is 4.98 Å². The highest BCUT2D eigenvalue weighted by Crippen LogP contribution is 2.24. The van der Waals surface area contributed by atoms with Gasteiger partial charge in [0.1, 0.15) is 16.8 Å². The highest BCUT2D eigenvalue weighted by molar-refractivity contribution is 6.04. The summed E-state index contributed by atoms with van der Waals surface area (Å²) in [7, 11) is 0. The van der Waals surface area contributed by atoms with Gasteiger partial charge in [-0.15, -0.1) is 0 Å². The van der Waals surface area contributed by atoms with Crippen molar-refractivity contribution < 1.29 is 8.81 Å². The first-order valence-electron chi connectivity index (χ1n) is 6.98. The van der Waals surface area contributed by atoms with Gasteiger partial charge >= 0.3 is 5.63 Å². The van der Waals surface area contributed by atoms with Gasteiger partial charge in [0.15, 0.2) is 0 Å². The molecule has 1 N–H and O–H groups in total. The van der Waals surface area contributed by atoms with Crippen molar-refractivity contribution >= 4 is 21.7 Å². The Labute approximate surface area is 128 Å². The predicted molar refractivity (Wildman–Crippen MR) is 86.0 cm³/mol. The first-order valence-corrected chi connectivity index (χ1v) is 6.98. The quantitative estimate of drug-likeness (QED) is 0.433. The van der Waals surface area contributed by atoms with E-state index in [0.29, 0.717) is 27.6 Å². The van der Waals surface area contributed by atoms with Crippen LogP contribution in [0.1, 0.15) is 0 Å². The fourth-order valence-electron chi connectivity index (χ4n) is 2.69. The van der Waals surface area contributed by atoms with Crippen LogP contribution >= 0.6 is 0 Å². The number of H-pyrrole nitrogens is 1. The minimum absolute atomic E-state index is 0.0189. The van der Waals surface area contributed by atoms with Crippen LogP contribution < -0.4 is 11.2 Å². The molecular formula is C18H10FNO3. The molecule has 0 spiro atoms. The summed E-state index contributed by atoms with van der Waals surface area (Å²) < 4.78 is 18.3. The molecule has 0 aliphatic rings. The van der Waals surface area contributed by atoms with E-state index in [9.17, 15) is 14.0 Å². The maximum atomic E-state index is 13.1. The average Bonchev–Trinajstić information content (AvgIpc) is 2.55. The Morgan fingerprint density at radius 2 is 1.65 bits per heavy atom. The van der Waals surface area contributed by atoms with Crippen LogP contribution in [0, 0.1) is 5.82 Å². The lowest BCUT2D eigenvalue weighted by Crippen LogP contribution is -2.16. The molecule has 23 heavy (non-hydrogen) atoms. The third-order valence-electron chi connectivity index (χ3n) is 3.77. The summed E-state index contributed by atoms with van der Waals surface area (Å²) in [4.78, 5) is 27.0. The van der Waals surface area contributed by atoms with Crippen LogP contribution in [0.2, 0.25) is 0 Å². The lowest BCUT2D eigenvalue weighted by Gasteiger charge is -2.06. The minimum atomic E-state index is -0.675. The SMILES string of the molecule is O=c1[nH]c(-c2ccc(F)cc2)cc2c1c(=O)oc1ccccc12. The summed E-state index contributed by atoms with van der Waals surface area (Å²) in [5, 5.41) is 1.17. The van der Waals surface area contributed by atoms with E-state index >= 15 is 0 Å². The zero-order valence-electron chi connectivity index (χ0n) is 11.8. The first kappa shape index (κ1) is 13.5. The molecule has 0 fully saturated rings. The van der Waals surface area contributed by atoms with Crippen molar-refractivity contribution in [1.29, 1.82) is 0 Å². The van der Waals surface area contributed by atoms with Crippen LogP contribution in [0.15, 0.2) is 68.6 Å². The molecule has 112 valence electrons. The fraction of sp³-hybridized carbons (Fsp3) is 0. The summed E-state index contributed by atoms with van der Waals surface area (Å²) in [6, 6.07) is 14.5. The Morgan fingerprint density at radius 1 is 0.913 bits per heavy atom. The van der Waals surface area contributed by atoms with E-state index in [1.54, 1.807) is 42.5 Å². The van der Waals surface area contributed by atoms with Crippen LogP contribution in [-0.4, -0.2) is 4.98 Å². The van der Waals surface area contributed by atoms with Crippen molar-refractivity contribution in [3.63, 3.8) is 0 Å². The van der Waals surface area contributed by atoms with E-state index in [4.69, 9.17) is 4.42 Å². The van der Waals surface area contributed by atoms with Crippen LogP contribution in [0.3, 0.4) is 0 Å². The largest absolute Gasteiger partial charge is 0.422 e. The second-order valence-electron chi connectivity index (χ2n) is 5.19. The number of pyridine rings is 1. The molecule has 0 aliphatic heterocycles. The van der Waals surface area contributed by atoms with Crippen LogP contribution in [0.5, 0.6) is 0 Å². The van der Waals surface area contributed by atoms with E-state index in [1.807, 2.05) is 0 Å². The molecule has 0 atom stereocenters. The highest BCUT2D eigenvalue weighted by atomic mass is 19.1. The van der Waals surface area contributed by atoms with Crippen molar-refractivity contribution in [3.05, 3.63) is 81.2 Å². The third-order valence-corrected chi connectivity index (χ3v) is 3.77. The number of hydrogen-bond acceptors (Lipinski definition) is 3. The number of benzene rings is 2. The van der Waals surface area contributed by atoms with Gasteiger partial charge in [-0.2, -0.15) is 0 Å². The van der Waals surface area contributed by atoms with Crippen molar-refractivity contribution in [2.75, 3.05) is 0 Å². The van der Waals surface area contributed by atoms with Gasteiger partial charge in [0.25, 0.3) is 5.56 Å². The number of fused-ring (bicyclic) bond motifs is 3. The summed E-state index contributed by atoms with van der Waals surface area (Å²) >= 11 is 0.